The molecule has 2 atom stereocenters. The predicted molar refractivity (Wildman–Crippen MR) is 104 cm³/mol. The van der Waals surface area contributed by atoms with E-state index in [9.17, 15) is 9.59 Å². The van der Waals surface area contributed by atoms with Crippen molar-refractivity contribution in [2.24, 2.45) is 5.92 Å². The molecule has 3 rings (SSSR count). The van der Waals surface area contributed by atoms with E-state index in [1.807, 2.05) is 24.3 Å². The molecular weight excluding hydrogens is 396 g/mol. The molecule has 4 N–H and O–H groups in total. The average Bonchev–Trinajstić information content (AvgIpc) is 3.16. The van der Waals surface area contributed by atoms with Crippen LogP contribution in [0.2, 0.25) is 0 Å². The summed E-state index contributed by atoms with van der Waals surface area (Å²) in [4.78, 5) is 24.4. The fraction of sp³-hybridized carbons (Fsp3) is 0.579. The summed E-state index contributed by atoms with van der Waals surface area (Å²) in [7, 11) is 0. The minimum absolute atomic E-state index is 0.0379. The molecule has 2 aliphatic rings. The number of hydrazine groups is 1. The molecule has 1 aliphatic heterocycles. The molecule has 7 heteroatoms. The number of hydrogen-bond donors (Lipinski definition) is 4. The molecule has 6 nitrogen and oxygen atoms in total. The molecule has 2 amide bonds. The predicted octanol–water partition coefficient (Wildman–Crippen LogP) is 2.17. The van der Waals surface area contributed by atoms with Gasteiger partial charge in [0.1, 0.15) is 6.04 Å². The number of carbonyl (C=O) groups is 2. The van der Waals surface area contributed by atoms with Gasteiger partial charge in [0, 0.05) is 29.5 Å². The maximum absolute atomic E-state index is 12.3. The van der Waals surface area contributed by atoms with Gasteiger partial charge < -0.3 is 10.6 Å². The molecule has 142 valence electrons. The second kappa shape index (κ2) is 9.48. The Morgan fingerprint density at radius 3 is 2.31 bits per heavy atom. The first-order chi connectivity index (χ1) is 12.6. The Morgan fingerprint density at radius 2 is 1.62 bits per heavy atom. The quantitative estimate of drug-likeness (QED) is 0.529. The Bertz CT molecular complexity index is 616. The van der Waals surface area contributed by atoms with Crippen LogP contribution in [0.3, 0.4) is 0 Å². The van der Waals surface area contributed by atoms with Crippen LogP contribution in [0, 0.1) is 5.92 Å². The van der Waals surface area contributed by atoms with Crippen molar-refractivity contribution >= 4 is 27.7 Å². The molecule has 0 aromatic heterocycles. The summed E-state index contributed by atoms with van der Waals surface area (Å²) in [5.41, 5.74) is 7.39. The van der Waals surface area contributed by atoms with Gasteiger partial charge in [0.25, 0.3) is 0 Å². The van der Waals surface area contributed by atoms with E-state index in [4.69, 9.17) is 0 Å². The topological polar surface area (TPSA) is 82.3 Å². The Labute approximate surface area is 163 Å². The smallest absolute Gasteiger partial charge is 0.238 e. The molecule has 1 aromatic carbocycles. The van der Waals surface area contributed by atoms with Crippen molar-refractivity contribution in [2.45, 2.75) is 50.6 Å². The molecular formula is C19H27BrN4O2. The first kappa shape index (κ1) is 19.3. The molecule has 0 spiro atoms. The Balaban J connectivity index is 1.35. The van der Waals surface area contributed by atoms with Crippen LogP contribution in [-0.2, 0) is 9.59 Å². The SMILES string of the molecule is O=C(NCCNC(=O)C1CC(c2ccc(Br)cc2)NN1)C1CCCCC1. The summed E-state index contributed by atoms with van der Waals surface area (Å²) in [6.45, 7) is 0.940. The first-order valence-electron chi connectivity index (χ1n) is 9.45. The molecule has 26 heavy (non-hydrogen) atoms. The van der Waals surface area contributed by atoms with E-state index in [1.54, 1.807) is 0 Å². The minimum Gasteiger partial charge on any atom is -0.354 e. The van der Waals surface area contributed by atoms with Crippen LogP contribution >= 0.6 is 15.9 Å². The third kappa shape index (κ3) is 5.28. The first-order valence-corrected chi connectivity index (χ1v) is 10.2. The molecule has 1 aliphatic carbocycles. The fourth-order valence-corrected chi connectivity index (χ4v) is 3.91. The summed E-state index contributed by atoms with van der Waals surface area (Å²) in [6, 6.07) is 7.94. The van der Waals surface area contributed by atoms with E-state index >= 15 is 0 Å². The van der Waals surface area contributed by atoms with Crippen LogP contribution < -0.4 is 21.5 Å². The van der Waals surface area contributed by atoms with Crippen molar-refractivity contribution in [3.63, 3.8) is 0 Å². The number of amides is 2. The lowest BCUT2D eigenvalue weighted by Crippen LogP contribution is -2.45. The third-order valence-electron chi connectivity index (χ3n) is 5.19. The zero-order chi connectivity index (χ0) is 18.4. The molecule has 2 fully saturated rings. The van der Waals surface area contributed by atoms with Crippen LogP contribution in [0.4, 0.5) is 0 Å². The van der Waals surface area contributed by atoms with Crippen LogP contribution in [-0.4, -0.2) is 30.9 Å². The van der Waals surface area contributed by atoms with Gasteiger partial charge in [-0.25, -0.2) is 10.9 Å². The lowest BCUT2D eigenvalue weighted by molar-refractivity contribution is -0.126. The Morgan fingerprint density at radius 1 is 0.962 bits per heavy atom. The van der Waals surface area contributed by atoms with Crippen molar-refractivity contribution < 1.29 is 9.59 Å². The lowest BCUT2D eigenvalue weighted by atomic mass is 9.89. The highest BCUT2D eigenvalue weighted by molar-refractivity contribution is 9.10. The second-order valence-electron chi connectivity index (χ2n) is 7.10. The number of benzene rings is 1. The van der Waals surface area contributed by atoms with Crippen molar-refractivity contribution in [2.75, 3.05) is 13.1 Å². The largest absolute Gasteiger partial charge is 0.354 e. The monoisotopic (exact) mass is 422 g/mol. The highest BCUT2D eigenvalue weighted by Crippen LogP contribution is 2.24. The van der Waals surface area contributed by atoms with Gasteiger partial charge in [0.15, 0.2) is 0 Å². The van der Waals surface area contributed by atoms with Crippen LogP contribution in [0.1, 0.15) is 50.1 Å². The summed E-state index contributed by atoms with van der Waals surface area (Å²) < 4.78 is 1.04. The molecule has 1 aromatic rings. The number of rotatable bonds is 6. The van der Waals surface area contributed by atoms with Gasteiger partial charge in [0.05, 0.1) is 0 Å². The van der Waals surface area contributed by atoms with Crippen LogP contribution in [0.5, 0.6) is 0 Å². The van der Waals surface area contributed by atoms with Gasteiger partial charge in [0.2, 0.25) is 11.8 Å². The van der Waals surface area contributed by atoms with Gasteiger partial charge >= 0.3 is 0 Å². The molecule has 0 radical (unpaired) electrons. The maximum atomic E-state index is 12.3. The minimum atomic E-state index is -0.266. The number of nitrogens with one attached hydrogen (secondary N) is 4. The zero-order valence-electron chi connectivity index (χ0n) is 14.9. The van der Waals surface area contributed by atoms with Crippen molar-refractivity contribution in [1.29, 1.82) is 0 Å². The van der Waals surface area contributed by atoms with Crippen molar-refractivity contribution in [3.8, 4) is 0 Å². The number of halogens is 1. The van der Waals surface area contributed by atoms with E-state index < -0.39 is 0 Å². The number of hydrogen-bond acceptors (Lipinski definition) is 4. The maximum Gasteiger partial charge on any atom is 0.238 e. The third-order valence-corrected chi connectivity index (χ3v) is 5.72. The number of carbonyl (C=O) groups excluding carboxylic acids is 2. The summed E-state index contributed by atoms with van der Waals surface area (Å²) in [5.74, 6) is 0.255. The molecule has 1 saturated carbocycles. The van der Waals surface area contributed by atoms with E-state index in [2.05, 4.69) is 37.4 Å². The molecule has 2 unspecified atom stereocenters. The summed E-state index contributed by atoms with van der Waals surface area (Å²) >= 11 is 3.43. The normalized spacial score (nSPS) is 23.6. The van der Waals surface area contributed by atoms with E-state index in [0.717, 1.165) is 35.7 Å². The summed E-state index contributed by atoms with van der Waals surface area (Å²) in [6.07, 6.45) is 6.22. The van der Waals surface area contributed by atoms with Gasteiger partial charge in [-0.05, 0) is 37.0 Å². The van der Waals surface area contributed by atoms with Gasteiger partial charge in [-0.3, -0.25) is 9.59 Å². The zero-order valence-corrected chi connectivity index (χ0v) is 16.5. The Hall–Kier alpha value is -1.44. The Kier molecular flexibility index (Phi) is 7.05. The van der Waals surface area contributed by atoms with Gasteiger partial charge in [-0.2, -0.15) is 0 Å². The highest BCUT2D eigenvalue weighted by Gasteiger charge is 2.29. The highest BCUT2D eigenvalue weighted by atomic mass is 79.9. The second-order valence-corrected chi connectivity index (χ2v) is 8.01. The van der Waals surface area contributed by atoms with Crippen LogP contribution in [0.15, 0.2) is 28.7 Å². The lowest BCUT2D eigenvalue weighted by Gasteiger charge is -2.20. The van der Waals surface area contributed by atoms with E-state index in [-0.39, 0.29) is 29.8 Å². The molecule has 1 heterocycles. The van der Waals surface area contributed by atoms with Crippen LogP contribution in [0.25, 0.3) is 0 Å². The van der Waals surface area contributed by atoms with E-state index in [1.165, 1.54) is 6.42 Å². The molecule has 0 bridgehead atoms. The standard InChI is InChI=1S/C19H27BrN4O2/c20-15-8-6-13(7-9-15)16-12-17(24-23-16)19(26)22-11-10-21-18(25)14-4-2-1-3-5-14/h6-9,14,16-17,23-24H,1-5,10-12H2,(H,21,25)(H,22,26). The average molecular weight is 423 g/mol. The van der Waals surface area contributed by atoms with Gasteiger partial charge in [-0.1, -0.05) is 47.3 Å². The fourth-order valence-electron chi connectivity index (χ4n) is 3.65. The summed E-state index contributed by atoms with van der Waals surface area (Å²) in [5, 5.41) is 5.84. The van der Waals surface area contributed by atoms with E-state index in [0.29, 0.717) is 19.5 Å². The van der Waals surface area contributed by atoms with Crippen molar-refractivity contribution in [3.05, 3.63) is 34.3 Å². The van der Waals surface area contributed by atoms with Crippen molar-refractivity contribution in [1.82, 2.24) is 21.5 Å². The van der Waals surface area contributed by atoms with Gasteiger partial charge in [-0.15, -0.1) is 0 Å². The molecule has 1 saturated heterocycles.